The third-order valence-electron chi connectivity index (χ3n) is 4.78. The molecule has 0 radical (unpaired) electrons. The number of fused-ring (bicyclic) bond motifs is 2. The number of benzene rings is 1. The number of nitrogens with one attached hydrogen (secondary N) is 1. The lowest BCUT2D eigenvalue weighted by molar-refractivity contribution is 0.0827. The van der Waals surface area contributed by atoms with E-state index >= 15 is 0 Å². The number of carbonyl (C=O) groups excluding carboxylic acids is 1. The number of amides is 1. The Morgan fingerprint density at radius 1 is 1.30 bits per heavy atom. The Labute approximate surface area is 120 Å². The largest absolute Gasteiger partial charge is 0.397 e. The standard InChI is InChI=1S/C16H23N3O/c1-19(2)16(20)12-5-6-14(13(17)9-12)18-15-8-10-3-4-11(15)7-10/h5-6,9-11,15,18H,3-4,7-8,17H2,1-2H3. The van der Waals surface area contributed by atoms with Crippen molar-refractivity contribution in [2.24, 2.45) is 11.8 Å². The van der Waals surface area contributed by atoms with Gasteiger partial charge in [0.2, 0.25) is 0 Å². The van der Waals surface area contributed by atoms with Crippen LogP contribution in [-0.4, -0.2) is 30.9 Å². The molecule has 4 nitrogen and oxygen atoms in total. The lowest BCUT2D eigenvalue weighted by atomic mass is 9.95. The zero-order chi connectivity index (χ0) is 14.3. The maximum absolute atomic E-state index is 11.9. The number of nitrogen functional groups attached to an aromatic ring is 1. The molecule has 0 aromatic heterocycles. The highest BCUT2D eigenvalue weighted by Crippen LogP contribution is 2.45. The number of hydrogen-bond donors (Lipinski definition) is 2. The smallest absolute Gasteiger partial charge is 0.253 e. The van der Waals surface area contributed by atoms with E-state index in [9.17, 15) is 4.79 Å². The molecule has 4 heteroatoms. The summed E-state index contributed by atoms with van der Waals surface area (Å²) in [6, 6.07) is 6.14. The van der Waals surface area contributed by atoms with Gasteiger partial charge in [0.1, 0.15) is 0 Å². The molecule has 1 aromatic carbocycles. The predicted molar refractivity (Wildman–Crippen MR) is 81.7 cm³/mol. The quantitative estimate of drug-likeness (QED) is 0.832. The number of nitrogens with two attached hydrogens (primary N) is 1. The summed E-state index contributed by atoms with van der Waals surface area (Å²) in [6.45, 7) is 0. The fourth-order valence-electron chi connectivity index (χ4n) is 3.71. The molecule has 0 heterocycles. The van der Waals surface area contributed by atoms with E-state index < -0.39 is 0 Å². The number of anilines is 2. The van der Waals surface area contributed by atoms with Gasteiger partial charge in [0.05, 0.1) is 11.4 Å². The van der Waals surface area contributed by atoms with Crippen LogP contribution in [0.15, 0.2) is 18.2 Å². The van der Waals surface area contributed by atoms with E-state index in [4.69, 9.17) is 5.73 Å². The molecule has 0 saturated heterocycles. The number of nitrogens with zero attached hydrogens (tertiary/aromatic N) is 1. The fourth-order valence-corrected chi connectivity index (χ4v) is 3.71. The third-order valence-corrected chi connectivity index (χ3v) is 4.78. The Balaban J connectivity index is 1.73. The summed E-state index contributed by atoms with van der Waals surface area (Å²) < 4.78 is 0. The summed E-state index contributed by atoms with van der Waals surface area (Å²) >= 11 is 0. The predicted octanol–water partition coefficient (Wildman–Crippen LogP) is 2.57. The van der Waals surface area contributed by atoms with Crippen LogP contribution in [0.1, 0.15) is 36.0 Å². The normalized spacial score (nSPS) is 27.6. The van der Waals surface area contributed by atoms with Crippen molar-refractivity contribution in [1.82, 2.24) is 4.90 Å². The molecule has 2 aliphatic rings. The molecule has 1 amide bonds. The molecule has 3 atom stereocenters. The third kappa shape index (κ3) is 2.35. The van der Waals surface area contributed by atoms with E-state index in [1.54, 1.807) is 25.1 Å². The molecule has 2 saturated carbocycles. The van der Waals surface area contributed by atoms with Crippen molar-refractivity contribution in [3.8, 4) is 0 Å². The lowest BCUT2D eigenvalue weighted by Crippen LogP contribution is -2.26. The minimum Gasteiger partial charge on any atom is -0.397 e. The number of rotatable bonds is 3. The first-order valence-corrected chi connectivity index (χ1v) is 7.42. The molecule has 20 heavy (non-hydrogen) atoms. The SMILES string of the molecule is CN(C)C(=O)c1ccc(NC2CC3CCC2C3)c(N)c1. The average molecular weight is 273 g/mol. The Morgan fingerprint density at radius 2 is 2.10 bits per heavy atom. The van der Waals surface area contributed by atoms with Crippen LogP contribution in [0.2, 0.25) is 0 Å². The Kier molecular flexibility index (Phi) is 3.32. The second kappa shape index (κ2) is 5.00. The minimum atomic E-state index is -0.0110. The highest BCUT2D eigenvalue weighted by atomic mass is 16.2. The van der Waals surface area contributed by atoms with Gasteiger partial charge in [-0.3, -0.25) is 4.79 Å². The van der Waals surface area contributed by atoms with E-state index in [-0.39, 0.29) is 5.91 Å². The zero-order valence-corrected chi connectivity index (χ0v) is 12.2. The van der Waals surface area contributed by atoms with Gasteiger partial charge in [0.15, 0.2) is 0 Å². The summed E-state index contributed by atoms with van der Waals surface area (Å²) in [5, 5.41) is 3.59. The van der Waals surface area contributed by atoms with Crippen LogP contribution < -0.4 is 11.1 Å². The van der Waals surface area contributed by atoms with Gasteiger partial charge in [0.25, 0.3) is 5.91 Å². The fraction of sp³-hybridized carbons (Fsp3) is 0.562. The van der Waals surface area contributed by atoms with Crippen LogP contribution in [0, 0.1) is 11.8 Å². The van der Waals surface area contributed by atoms with Crippen LogP contribution in [0.3, 0.4) is 0 Å². The van der Waals surface area contributed by atoms with E-state index in [0.717, 1.165) is 17.5 Å². The summed E-state index contributed by atoms with van der Waals surface area (Å²) in [7, 11) is 3.50. The van der Waals surface area contributed by atoms with Gasteiger partial charge in [-0.05, 0) is 49.3 Å². The summed E-state index contributed by atoms with van der Waals surface area (Å²) in [5.41, 5.74) is 8.38. The number of hydrogen-bond acceptors (Lipinski definition) is 3. The first kappa shape index (κ1) is 13.3. The molecule has 108 valence electrons. The molecule has 3 N–H and O–H groups in total. The van der Waals surface area contributed by atoms with Gasteiger partial charge >= 0.3 is 0 Å². The highest BCUT2D eigenvalue weighted by Gasteiger charge is 2.39. The first-order valence-electron chi connectivity index (χ1n) is 7.42. The van der Waals surface area contributed by atoms with Crippen LogP contribution in [0.4, 0.5) is 11.4 Å². The molecule has 1 aromatic rings. The van der Waals surface area contributed by atoms with Gasteiger partial charge in [-0.25, -0.2) is 0 Å². The first-order chi connectivity index (χ1) is 9.54. The highest BCUT2D eigenvalue weighted by molar-refractivity contribution is 5.95. The van der Waals surface area contributed by atoms with E-state index in [0.29, 0.717) is 17.3 Å². The van der Waals surface area contributed by atoms with Crippen molar-refractivity contribution in [1.29, 1.82) is 0 Å². The maximum atomic E-state index is 11.9. The molecule has 2 bridgehead atoms. The van der Waals surface area contributed by atoms with Crippen molar-refractivity contribution in [3.05, 3.63) is 23.8 Å². The van der Waals surface area contributed by atoms with E-state index in [1.807, 2.05) is 12.1 Å². The second-order valence-electron chi connectivity index (χ2n) is 6.43. The zero-order valence-electron chi connectivity index (χ0n) is 12.2. The van der Waals surface area contributed by atoms with Gasteiger partial charge in [-0.15, -0.1) is 0 Å². The monoisotopic (exact) mass is 273 g/mol. The van der Waals surface area contributed by atoms with Gasteiger partial charge in [0, 0.05) is 25.7 Å². The van der Waals surface area contributed by atoms with Gasteiger partial charge < -0.3 is 16.0 Å². The van der Waals surface area contributed by atoms with Gasteiger partial charge in [-0.2, -0.15) is 0 Å². The second-order valence-corrected chi connectivity index (χ2v) is 6.43. The molecule has 0 aliphatic heterocycles. The summed E-state index contributed by atoms with van der Waals surface area (Å²) in [6.07, 6.45) is 5.38. The van der Waals surface area contributed by atoms with Crippen LogP contribution >= 0.6 is 0 Å². The van der Waals surface area contributed by atoms with Crippen LogP contribution in [-0.2, 0) is 0 Å². The molecular formula is C16H23N3O. The molecule has 3 unspecified atom stereocenters. The van der Waals surface area contributed by atoms with Crippen molar-refractivity contribution in [2.75, 3.05) is 25.1 Å². The van der Waals surface area contributed by atoms with E-state index in [1.165, 1.54) is 25.7 Å². The summed E-state index contributed by atoms with van der Waals surface area (Å²) in [4.78, 5) is 13.5. The van der Waals surface area contributed by atoms with Crippen LogP contribution in [0.5, 0.6) is 0 Å². The maximum Gasteiger partial charge on any atom is 0.253 e. The molecule has 0 spiro atoms. The molecular weight excluding hydrogens is 250 g/mol. The molecule has 3 rings (SSSR count). The Bertz CT molecular complexity index is 526. The topological polar surface area (TPSA) is 58.4 Å². The lowest BCUT2D eigenvalue weighted by Gasteiger charge is -2.25. The van der Waals surface area contributed by atoms with Crippen molar-refractivity contribution in [3.63, 3.8) is 0 Å². The average Bonchev–Trinajstić information content (AvgIpc) is 3.02. The van der Waals surface area contributed by atoms with Crippen molar-refractivity contribution < 1.29 is 4.79 Å². The van der Waals surface area contributed by atoms with E-state index in [2.05, 4.69) is 5.32 Å². The van der Waals surface area contributed by atoms with Crippen molar-refractivity contribution in [2.45, 2.75) is 31.7 Å². The van der Waals surface area contributed by atoms with Crippen LogP contribution in [0.25, 0.3) is 0 Å². The Morgan fingerprint density at radius 3 is 2.65 bits per heavy atom. The van der Waals surface area contributed by atoms with Gasteiger partial charge in [-0.1, -0.05) is 6.42 Å². The number of carbonyl (C=O) groups is 1. The Hall–Kier alpha value is -1.71. The minimum absolute atomic E-state index is 0.0110. The van der Waals surface area contributed by atoms with Crippen molar-refractivity contribution >= 4 is 17.3 Å². The molecule has 2 aliphatic carbocycles. The summed E-state index contributed by atoms with van der Waals surface area (Å²) in [5.74, 6) is 1.71. The molecule has 2 fully saturated rings.